The molecular weight excluding hydrogens is 144 g/mol. The van der Waals surface area contributed by atoms with Gasteiger partial charge in [0.05, 0.1) is 0 Å². The van der Waals surface area contributed by atoms with Crippen molar-refractivity contribution in [2.45, 2.75) is 47.5 Å². The Morgan fingerprint density at radius 1 is 1.25 bits per heavy atom. The molecule has 0 aromatic heterocycles. The maximum atomic E-state index is 2.31. The van der Waals surface area contributed by atoms with Crippen molar-refractivity contribution in [2.75, 3.05) is 0 Å². The van der Waals surface area contributed by atoms with E-state index in [1.54, 1.807) is 0 Å². The Bertz CT molecular complexity index is 166. The molecule has 0 unspecified atom stereocenters. The van der Waals surface area contributed by atoms with E-state index >= 15 is 0 Å². The van der Waals surface area contributed by atoms with Crippen LogP contribution in [0, 0.1) is 5.41 Å². The van der Waals surface area contributed by atoms with E-state index in [9.17, 15) is 0 Å². The van der Waals surface area contributed by atoms with Crippen LogP contribution in [0.4, 0.5) is 0 Å². The predicted molar refractivity (Wildman–Crippen MR) is 57.3 cm³/mol. The van der Waals surface area contributed by atoms with Gasteiger partial charge in [-0.2, -0.15) is 0 Å². The highest BCUT2D eigenvalue weighted by Crippen LogP contribution is 2.24. The Kier molecular flexibility index (Phi) is 4.96. The summed E-state index contributed by atoms with van der Waals surface area (Å²) >= 11 is 0. The second kappa shape index (κ2) is 5.18. The zero-order chi connectivity index (χ0) is 9.61. The predicted octanol–water partition coefficient (Wildman–Crippen LogP) is 4.34. The summed E-state index contributed by atoms with van der Waals surface area (Å²) < 4.78 is 0. The van der Waals surface area contributed by atoms with Gasteiger partial charge < -0.3 is 0 Å². The molecule has 0 N–H and O–H groups in total. The Balaban J connectivity index is 3.84. The SMILES string of the molecule is C/C=C/C(C)(C)CCC=C(C)C. The van der Waals surface area contributed by atoms with Crippen molar-refractivity contribution in [1.82, 2.24) is 0 Å². The third-order valence-electron chi connectivity index (χ3n) is 1.96. The van der Waals surface area contributed by atoms with Crippen LogP contribution in [-0.2, 0) is 0 Å². The molecule has 0 spiro atoms. The van der Waals surface area contributed by atoms with Gasteiger partial charge in [0, 0.05) is 0 Å². The second-order valence-corrected chi connectivity index (χ2v) is 4.31. The van der Waals surface area contributed by atoms with E-state index in [-0.39, 0.29) is 0 Å². The van der Waals surface area contributed by atoms with Gasteiger partial charge >= 0.3 is 0 Å². The molecule has 0 bridgehead atoms. The molecule has 0 aromatic carbocycles. The van der Waals surface area contributed by atoms with Crippen LogP contribution in [0.15, 0.2) is 23.8 Å². The Hall–Kier alpha value is -0.520. The molecule has 0 aliphatic heterocycles. The van der Waals surface area contributed by atoms with Crippen LogP contribution in [0.1, 0.15) is 47.5 Å². The topological polar surface area (TPSA) is 0 Å². The third kappa shape index (κ3) is 6.21. The summed E-state index contributed by atoms with van der Waals surface area (Å²) in [5, 5.41) is 0. The first-order valence-electron chi connectivity index (χ1n) is 4.75. The molecule has 0 fully saturated rings. The van der Waals surface area contributed by atoms with Gasteiger partial charge in [-0.1, -0.05) is 37.6 Å². The van der Waals surface area contributed by atoms with Gasteiger partial charge in [-0.25, -0.2) is 0 Å². The highest BCUT2D eigenvalue weighted by molar-refractivity contribution is 4.97. The van der Waals surface area contributed by atoms with E-state index in [1.807, 2.05) is 0 Å². The maximum Gasteiger partial charge on any atom is -0.0172 e. The molecule has 0 heterocycles. The average molecular weight is 166 g/mol. The summed E-state index contributed by atoms with van der Waals surface area (Å²) in [5.74, 6) is 0. The fourth-order valence-electron chi connectivity index (χ4n) is 1.27. The zero-order valence-electron chi connectivity index (χ0n) is 9.15. The first kappa shape index (κ1) is 11.5. The van der Waals surface area contributed by atoms with Crippen molar-refractivity contribution in [3.8, 4) is 0 Å². The summed E-state index contributed by atoms with van der Waals surface area (Å²) in [5.41, 5.74) is 1.78. The fraction of sp³-hybridized carbons (Fsp3) is 0.667. The smallest absolute Gasteiger partial charge is 0.0172 e. The number of allylic oxidation sites excluding steroid dienone is 4. The Morgan fingerprint density at radius 3 is 2.25 bits per heavy atom. The molecule has 0 rings (SSSR count). The first-order valence-corrected chi connectivity index (χ1v) is 4.75. The lowest BCUT2D eigenvalue weighted by atomic mass is 9.87. The van der Waals surface area contributed by atoms with Gasteiger partial charge in [0.25, 0.3) is 0 Å². The standard InChI is InChI=1S/C12H22/c1-6-9-12(4,5)10-7-8-11(2)3/h6,8-9H,7,10H2,1-5H3/b9-6+. The van der Waals surface area contributed by atoms with E-state index in [4.69, 9.17) is 0 Å². The summed E-state index contributed by atoms with van der Waals surface area (Å²) in [6.07, 6.45) is 9.17. The highest BCUT2D eigenvalue weighted by Gasteiger charge is 2.11. The molecule has 0 aliphatic carbocycles. The summed E-state index contributed by atoms with van der Waals surface area (Å²) in [7, 11) is 0. The fourth-order valence-corrected chi connectivity index (χ4v) is 1.27. The van der Waals surface area contributed by atoms with Crippen molar-refractivity contribution < 1.29 is 0 Å². The number of rotatable bonds is 4. The minimum atomic E-state index is 0.362. The minimum Gasteiger partial charge on any atom is -0.0911 e. The van der Waals surface area contributed by atoms with E-state index < -0.39 is 0 Å². The normalized spacial score (nSPS) is 12.1. The van der Waals surface area contributed by atoms with E-state index in [2.05, 4.69) is 52.8 Å². The highest BCUT2D eigenvalue weighted by atomic mass is 14.2. The van der Waals surface area contributed by atoms with Crippen LogP contribution in [0.25, 0.3) is 0 Å². The lowest BCUT2D eigenvalue weighted by Gasteiger charge is -2.18. The largest absolute Gasteiger partial charge is 0.0911 e. The number of hydrogen-bond donors (Lipinski definition) is 0. The van der Waals surface area contributed by atoms with Gasteiger partial charge in [0.2, 0.25) is 0 Å². The lowest BCUT2D eigenvalue weighted by Crippen LogP contribution is -2.05. The van der Waals surface area contributed by atoms with Crippen LogP contribution in [0.2, 0.25) is 0 Å². The number of hydrogen-bond acceptors (Lipinski definition) is 0. The van der Waals surface area contributed by atoms with Crippen molar-refractivity contribution in [3.05, 3.63) is 23.8 Å². The summed E-state index contributed by atoms with van der Waals surface area (Å²) in [6, 6.07) is 0. The molecule has 0 aliphatic rings. The van der Waals surface area contributed by atoms with Crippen LogP contribution in [-0.4, -0.2) is 0 Å². The molecule has 12 heavy (non-hydrogen) atoms. The molecular formula is C12H22. The summed E-state index contributed by atoms with van der Waals surface area (Å²) in [4.78, 5) is 0. The van der Waals surface area contributed by atoms with Crippen LogP contribution < -0.4 is 0 Å². The average Bonchev–Trinajstić information content (AvgIpc) is 1.85. The first-order chi connectivity index (χ1) is 5.48. The summed E-state index contributed by atoms with van der Waals surface area (Å²) in [6.45, 7) is 11.0. The quantitative estimate of drug-likeness (QED) is 0.545. The van der Waals surface area contributed by atoms with E-state index in [1.165, 1.54) is 18.4 Å². The van der Waals surface area contributed by atoms with Crippen LogP contribution >= 0.6 is 0 Å². The van der Waals surface area contributed by atoms with Crippen molar-refractivity contribution in [2.24, 2.45) is 5.41 Å². The molecule has 0 saturated heterocycles. The van der Waals surface area contributed by atoms with Gasteiger partial charge in [-0.05, 0) is 39.0 Å². The maximum absolute atomic E-state index is 2.31. The van der Waals surface area contributed by atoms with Crippen molar-refractivity contribution >= 4 is 0 Å². The lowest BCUT2D eigenvalue weighted by molar-refractivity contribution is 0.441. The van der Waals surface area contributed by atoms with E-state index in [0.717, 1.165) is 0 Å². The van der Waals surface area contributed by atoms with Gasteiger partial charge in [0.15, 0.2) is 0 Å². The molecule has 0 saturated carbocycles. The molecule has 0 nitrogen and oxygen atoms in total. The Labute approximate surface area is 77.4 Å². The van der Waals surface area contributed by atoms with Crippen LogP contribution in [0.5, 0.6) is 0 Å². The van der Waals surface area contributed by atoms with E-state index in [0.29, 0.717) is 5.41 Å². The Morgan fingerprint density at radius 2 is 1.83 bits per heavy atom. The monoisotopic (exact) mass is 166 g/mol. The van der Waals surface area contributed by atoms with Crippen molar-refractivity contribution in [3.63, 3.8) is 0 Å². The molecule has 0 radical (unpaired) electrons. The zero-order valence-corrected chi connectivity index (χ0v) is 9.15. The van der Waals surface area contributed by atoms with Crippen LogP contribution in [0.3, 0.4) is 0 Å². The molecule has 0 heteroatoms. The molecule has 0 amide bonds. The molecule has 70 valence electrons. The molecule has 0 aromatic rings. The van der Waals surface area contributed by atoms with Gasteiger partial charge in [-0.3, -0.25) is 0 Å². The second-order valence-electron chi connectivity index (χ2n) is 4.31. The van der Waals surface area contributed by atoms with Gasteiger partial charge in [0.1, 0.15) is 0 Å². The molecule has 0 atom stereocenters. The minimum absolute atomic E-state index is 0.362. The van der Waals surface area contributed by atoms with Crippen molar-refractivity contribution in [1.29, 1.82) is 0 Å². The third-order valence-corrected chi connectivity index (χ3v) is 1.96. The van der Waals surface area contributed by atoms with Gasteiger partial charge in [-0.15, -0.1) is 0 Å².